The third-order valence-corrected chi connectivity index (χ3v) is 13.5. The van der Waals surface area contributed by atoms with Gasteiger partial charge in [0, 0.05) is 45.4 Å². The highest BCUT2D eigenvalue weighted by Crippen LogP contribution is 2.68. The van der Waals surface area contributed by atoms with E-state index in [1.807, 2.05) is 6.92 Å². The fraction of sp³-hybridized carbons (Fsp3) is 0.900. The van der Waals surface area contributed by atoms with E-state index in [0.717, 1.165) is 57.8 Å². The number of amides is 1. The second kappa shape index (κ2) is 20.0. The quantitative estimate of drug-likeness (QED) is 0.117. The number of carboxylic acids is 1. The molecule has 0 aromatic rings. The number of carbonyl (C=O) groups excluding carboxylic acids is 3. The van der Waals surface area contributed by atoms with E-state index in [0.29, 0.717) is 87.9 Å². The Labute approximate surface area is 305 Å². The monoisotopic (exact) mass is 721 g/mol. The number of carbonyl (C=O) groups is 4. The van der Waals surface area contributed by atoms with Crippen LogP contribution in [0.25, 0.3) is 0 Å². The SMILES string of the molecule is CCOCCCC(=O)COCCOCCNC(=O)CCC(=O)CO[C@H]1CC[C@@]2(C)[C@@H](C1)C[C@H](O)[C@H]1C3CC[C@H]([C@H](C)CCC(=O)O)[C@@]3(C)CC[C@@H]12. The van der Waals surface area contributed by atoms with Crippen molar-refractivity contribution < 1.29 is 48.3 Å². The molecule has 1 unspecified atom stereocenters. The summed E-state index contributed by atoms with van der Waals surface area (Å²) in [7, 11) is 0. The van der Waals surface area contributed by atoms with Crippen molar-refractivity contribution >= 4 is 23.4 Å². The molecule has 4 fully saturated rings. The number of aliphatic hydroxyl groups excluding tert-OH is 1. The number of hydrogen-bond donors (Lipinski definition) is 3. The first-order chi connectivity index (χ1) is 24.4. The summed E-state index contributed by atoms with van der Waals surface area (Å²) >= 11 is 0. The molecule has 0 saturated heterocycles. The third-order valence-electron chi connectivity index (χ3n) is 13.5. The first kappa shape index (κ1) is 41.8. The van der Waals surface area contributed by atoms with Crippen molar-refractivity contribution in [3.8, 4) is 0 Å². The molecule has 4 aliphatic rings. The normalized spacial score (nSPS) is 33.5. The Bertz CT molecular complexity index is 1150. The van der Waals surface area contributed by atoms with Crippen LogP contribution in [0.3, 0.4) is 0 Å². The van der Waals surface area contributed by atoms with E-state index in [1.165, 1.54) is 0 Å². The van der Waals surface area contributed by atoms with Gasteiger partial charge < -0.3 is 34.5 Å². The summed E-state index contributed by atoms with van der Waals surface area (Å²) in [4.78, 5) is 47.9. The summed E-state index contributed by atoms with van der Waals surface area (Å²) in [5, 5.41) is 23.7. The van der Waals surface area contributed by atoms with Gasteiger partial charge in [0.2, 0.25) is 5.91 Å². The van der Waals surface area contributed by atoms with Crippen LogP contribution in [0.1, 0.15) is 118 Å². The van der Waals surface area contributed by atoms with E-state index < -0.39 is 5.97 Å². The van der Waals surface area contributed by atoms with Crippen LogP contribution in [0.15, 0.2) is 0 Å². The number of ketones is 2. The molecule has 11 heteroatoms. The van der Waals surface area contributed by atoms with Gasteiger partial charge in [-0.25, -0.2) is 0 Å². The first-order valence-electron chi connectivity index (χ1n) is 19.9. The second-order valence-electron chi connectivity index (χ2n) is 16.5. The Morgan fingerprint density at radius 3 is 2.29 bits per heavy atom. The lowest BCUT2D eigenvalue weighted by molar-refractivity contribution is -0.179. The van der Waals surface area contributed by atoms with Crippen molar-refractivity contribution in [1.82, 2.24) is 5.32 Å². The van der Waals surface area contributed by atoms with E-state index in [1.54, 1.807) is 0 Å². The molecule has 1 amide bonds. The van der Waals surface area contributed by atoms with Gasteiger partial charge in [-0.1, -0.05) is 20.8 Å². The Hall–Kier alpha value is -1.92. The number of aliphatic carboxylic acids is 1. The number of fused-ring (bicyclic) bond motifs is 5. The molecule has 292 valence electrons. The minimum atomic E-state index is -0.716. The van der Waals surface area contributed by atoms with Crippen molar-refractivity contribution in [2.24, 2.45) is 46.3 Å². The minimum absolute atomic E-state index is 0.00992. The second-order valence-corrected chi connectivity index (χ2v) is 16.5. The number of hydrogen-bond acceptors (Lipinski definition) is 9. The van der Waals surface area contributed by atoms with E-state index in [4.69, 9.17) is 18.9 Å². The Morgan fingerprint density at radius 1 is 0.804 bits per heavy atom. The van der Waals surface area contributed by atoms with E-state index in [9.17, 15) is 29.4 Å². The molecule has 0 spiro atoms. The smallest absolute Gasteiger partial charge is 0.303 e. The molecule has 10 atom stereocenters. The van der Waals surface area contributed by atoms with Crippen LogP contribution >= 0.6 is 0 Å². The van der Waals surface area contributed by atoms with E-state index in [2.05, 4.69) is 26.1 Å². The van der Waals surface area contributed by atoms with E-state index in [-0.39, 0.29) is 73.0 Å². The van der Waals surface area contributed by atoms with Crippen molar-refractivity contribution in [3.05, 3.63) is 0 Å². The van der Waals surface area contributed by atoms with Crippen molar-refractivity contribution in [2.75, 3.05) is 52.8 Å². The van der Waals surface area contributed by atoms with Crippen LogP contribution in [0, 0.1) is 46.3 Å². The highest BCUT2D eigenvalue weighted by atomic mass is 16.5. The van der Waals surface area contributed by atoms with Crippen LogP contribution in [0.5, 0.6) is 0 Å². The topological polar surface area (TPSA) is 158 Å². The summed E-state index contributed by atoms with van der Waals surface area (Å²) in [6, 6.07) is 0. The average molecular weight is 722 g/mol. The van der Waals surface area contributed by atoms with Gasteiger partial charge in [-0.3, -0.25) is 19.2 Å². The summed E-state index contributed by atoms with van der Waals surface area (Å²) in [5.41, 5.74) is 0.317. The molecule has 4 aliphatic carbocycles. The van der Waals surface area contributed by atoms with Gasteiger partial charge in [0.05, 0.1) is 32.0 Å². The average Bonchev–Trinajstić information content (AvgIpc) is 3.45. The Morgan fingerprint density at radius 2 is 1.53 bits per heavy atom. The molecule has 3 N–H and O–H groups in total. The number of nitrogens with one attached hydrogen (secondary N) is 1. The van der Waals surface area contributed by atoms with Crippen LogP contribution < -0.4 is 5.32 Å². The molecule has 0 bridgehead atoms. The largest absolute Gasteiger partial charge is 0.481 e. The number of ether oxygens (including phenoxy) is 4. The molecule has 4 saturated carbocycles. The Balaban J connectivity index is 1.10. The van der Waals surface area contributed by atoms with Crippen LogP contribution in [0.2, 0.25) is 0 Å². The van der Waals surface area contributed by atoms with Gasteiger partial charge in [-0.05, 0) is 117 Å². The predicted molar refractivity (Wildman–Crippen MR) is 192 cm³/mol. The fourth-order valence-electron chi connectivity index (χ4n) is 10.7. The first-order valence-corrected chi connectivity index (χ1v) is 19.9. The van der Waals surface area contributed by atoms with Crippen molar-refractivity contribution in [1.29, 1.82) is 0 Å². The Kier molecular flexibility index (Phi) is 16.4. The summed E-state index contributed by atoms with van der Waals surface area (Å²) in [6.07, 6.45) is 10.1. The maximum absolute atomic E-state index is 12.6. The molecule has 11 nitrogen and oxygen atoms in total. The van der Waals surface area contributed by atoms with E-state index >= 15 is 0 Å². The molecular formula is C40H67NO10. The molecule has 0 aromatic carbocycles. The van der Waals surface area contributed by atoms with Gasteiger partial charge in [0.15, 0.2) is 11.6 Å². The molecule has 0 aromatic heterocycles. The van der Waals surface area contributed by atoms with Crippen LogP contribution in [-0.2, 0) is 38.1 Å². The molecule has 4 rings (SSSR count). The fourth-order valence-corrected chi connectivity index (χ4v) is 10.7. The minimum Gasteiger partial charge on any atom is -0.481 e. The van der Waals surface area contributed by atoms with Crippen LogP contribution in [0.4, 0.5) is 0 Å². The number of Topliss-reactive ketones (excluding diaryl/α,β-unsaturated/α-hetero) is 2. The number of rotatable bonds is 23. The van der Waals surface area contributed by atoms with Gasteiger partial charge in [-0.15, -0.1) is 0 Å². The maximum Gasteiger partial charge on any atom is 0.303 e. The molecule has 0 aliphatic heterocycles. The van der Waals surface area contributed by atoms with Gasteiger partial charge in [0.25, 0.3) is 0 Å². The van der Waals surface area contributed by atoms with Crippen LogP contribution in [-0.4, -0.2) is 98.7 Å². The predicted octanol–water partition coefficient (Wildman–Crippen LogP) is 5.39. The van der Waals surface area contributed by atoms with Gasteiger partial charge in [-0.2, -0.15) is 0 Å². The molecule has 0 heterocycles. The highest BCUT2D eigenvalue weighted by molar-refractivity contribution is 5.85. The zero-order valence-electron chi connectivity index (χ0n) is 31.8. The van der Waals surface area contributed by atoms with Crippen molar-refractivity contribution in [3.63, 3.8) is 0 Å². The van der Waals surface area contributed by atoms with Gasteiger partial charge >= 0.3 is 5.97 Å². The standard InChI is InChI=1S/C40H67NO10/c1-5-48-19-6-7-29(42)25-50-22-21-49-20-18-41-36(45)12-9-30(43)26-51-31-14-16-39(3)28(23-31)24-35(44)38-33-11-10-32(27(2)8-13-37(46)47)40(33,4)17-15-34(38)39/h27-28,31-35,38,44H,5-26H2,1-4H3,(H,41,45)(H,46,47)/t27-,28+,31+,32-,33?,34+,35+,38+,39+,40-/m1/s1. The summed E-state index contributed by atoms with van der Waals surface area (Å²) in [6.45, 7) is 11.6. The number of aliphatic hydroxyl groups is 1. The lowest BCUT2D eigenvalue weighted by atomic mass is 9.43. The zero-order valence-corrected chi connectivity index (χ0v) is 31.8. The third kappa shape index (κ3) is 11.3. The molecule has 0 radical (unpaired) electrons. The van der Waals surface area contributed by atoms with Gasteiger partial charge in [0.1, 0.15) is 13.2 Å². The lowest BCUT2D eigenvalue weighted by Gasteiger charge is -2.62. The van der Waals surface area contributed by atoms with Crippen molar-refractivity contribution in [2.45, 2.75) is 130 Å². The summed E-state index contributed by atoms with van der Waals surface area (Å²) < 4.78 is 22.1. The number of carboxylic acid groups (broad SMARTS) is 1. The lowest BCUT2D eigenvalue weighted by Crippen LogP contribution is -2.58. The molecule has 51 heavy (non-hydrogen) atoms. The zero-order chi connectivity index (χ0) is 37.0. The summed E-state index contributed by atoms with van der Waals surface area (Å²) in [5.74, 6) is 1.57. The maximum atomic E-state index is 12.6. The molecular weight excluding hydrogens is 654 g/mol. The highest BCUT2D eigenvalue weighted by Gasteiger charge is 2.63.